The van der Waals surface area contributed by atoms with Gasteiger partial charge in [0.05, 0.1) is 32.2 Å². The van der Waals surface area contributed by atoms with Crippen molar-refractivity contribution in [1.82, 2.24) is 15.0 Å². The van der Waals surface area contributed by atoms with Crippen molar-refractivity contribution >= 4 is 110 Å². The van der Waals surface area contributed by atoms with Crippen molar-refractivity contribution in [1.29, 1.82) is 0 Å². The van der Waals surface area contributed by atoms with Crippen molar-refractivity contribution in [2.24, 2.45) is 20.5 Å². The van der Waals surface area contributed by atoms with Crippen molar-refractivity contribution in [2.75, 3.05) is 34.4 Å². The number of rotatable bonds is 15. The molecule has 6 rings (SSSR count). The minimum absolute atomic E-state index is 0.0103. The molecule has 0 saturated heterocycles. The summed E-state index contributed by atoms with van der Waals surface area (Å²) in [6, 6.07) is 19.1. The van der Waals surface area contributed by atoms with Crippen LogP contribution in [0.25, 0.3) is 10.8 Å². The predicted octanol–water partition coefficient (Wildman–Crippen LogP) is 8.54. The average molecular weight is 908 g/mol. The van der Waals surface area contributed by atoms with Crippen molar-refractivity contribution in [2.45, 2.75) is 28.5 Å². The van der Waals surface area contributed by atoms with E-state index in [0.29, 0.717) is 24.5 Å². The predicted molar refractivity (Wildman–Crippen MR) is 230 cm³/mol. The number of aromatic nitrogens is 3. The number of phenolic OH excluding ortho intramolecular Hbond substituents is 1. The first kappa shape index (κ1) is 43.9. The van der Waals surface area contributed by atoms with Crippen LogP contribution in [0.5, 0.6) is 5.75 Å². The highest BCUT2D eigenvalue weighted by Gasteiger charge is 2.20. The van der Waals surface area contributed by atoms with Gasteiger partial charge in [0.25, 0.3) is 20.2 Å². The first-order chi connectivity index (χ1) is 28.8. The van der Waals surface area contributed by atoms with Gasteiger partial charge in [-0.3, -0.25) is 9.11 Å². The van der Waals surface area contributed by atoms with E-state index in [1.54, 1.807) is 18.2 Å². The van der Waals surface area contributed by atoms with Gasteiger partial charge in [-0.1, -0.05) is 12.6 Å². The van der Waals surface area contributed by atoms with E-state index >= 15 is 0 Å². The van der Waals surface area contributed by atoms with Crippen LogP contribution in [0, 0.1) is 0 Å². The summed E-state index contributed by atoms with van der Waals surface area (Å²) in [5.74, 6) is -0.603. The largest absolute Gasteiger partial charge is 0.507 e. The Kier molecular flexibility index (Phi) is 12.6. The summed E-state index contributed by atoms with van der Waals surface area (Å²) in [5.41, 5.74) is 7.33. The molecular formula is C37H34ClN11O9S3. The number of hydrogen-bond acceptors (Lipinski definition) is 18. The molecule has 0 aliphatic rings. The monoisotopic (exact) mass is 907 g/mol. The third kappa shape index (κ3) is 10.2. The van der Waals surface area contributed by atoms with Gasteiger partial charge in [0.1, 0.15) is 27.7 Å². The molecule has 24 heteroatoms. The summed E-state index contributed by atoms with van der Waals surface area (Å²) in [4.78, 5) is 13.5. The molecule has 0 amide bonds. The molecule has 0 unspecified atom stereocenters. The SMILES string of the molecule is C=CS(=O)(=O)c1ccc(Nc2nc(Cl)nc(Nc3cc(N(CC)CC)ccc3/N=N/c3ccc(/N=N/c4c(N)ccc5cc(S(=O)(=O)O)cc(O)c45)c(S(=O)(=O)O)c3)n2)cc1. The Balaban J connectivity index is 1.33. The Morgan fingerprint density at radius 1 is 0.754 bits per heavy atom. The lowest BCUT2D eigenvalue weighted by molar-refractivity contribution is 0.471. The van der Waals surface area contributed by atoms with E-state index in [2.05, 4.69) is 57.5 Å². The lowest BCUT2D eigenvalue weighted by Gasteiger charge is -2.22. The molecule has 1 aromatic heterocycles. The molecule has 20 nitrogen and oxygen atoms in total. The van der Waals surface area contributed by atoms with Crippen molar-refractivity contribution < 1.29 is 39.5 Å². The fourth-order valence-electron chi connectivity index (χ4n) is 5.77. The fourth-order valence-corrected chi connectivity index (χ4v) is 7.82. The first-order valence-corrected chi connectivity index (χ1v) is 22.4. The maximum absolute atomic E-state index is 12.6. The van der Waals surface area contributed by atoms with Crippen LogP contribution in [0.15, 0.2) is 132 Å². The minimum Gasteiger partial charge on any atom is -0.507 e. The van der Waals surface area contributed by atoms with Crippen LogP contribution in [0.1, 0.15) is 13.8 Å². The summed E-state index contributed by atoms with van der Waals surface area (Å²) >= 11 is 6.26. The number of halogens is 1. The van der Waals surface area contributed by atoms with Crippen LogP contribution < -0.4 is 21.3 Å². The maximum Gasteiger partial charge on any atom is 0.296 e. The zero-order valence-electron chi connectivity index (χ0n) is 31.8. The van der Waals surface area contributed by atoms with E-state index in [4.69, 9.17) is 17.3 Å². The zero-order valence-corrected chi connectivity index (χ0v) is 35.0. The van der Waals surface area contributed by atoms with Crippen LogP contribution in [0.4, 0.5) is 57.4 Å². The number of nitrogens with zero attached hydrogens (tertiary/aromatic N) is 8. The van der Waals surface area contributed by atoms with Gasteiger partial charge in [-0.2, -0.15) is 36.9 Å². The second-order valence-electron chi connectivity index (χ2n) is 12.7. The average Bonchev–Trinajstić information content (AvgIpc) is 3.20. The van der Waals surface area contributed by atoms with Crippen LogP contribution in [-0.2, 0) is 30.1 Å². The smallest absolute Gasteiger partial charge is 0.296 e. The minimum atomic E-state index is -4.96. The first-order valence-electron chi connectivity index (χ1n) is 17.6. The summed E-state index contributed by atoms with van der Waals surface area (Å²) < 4.78 is 92.4. The Labute approximate surface area is 354 Å². The Bertz CT molecular complexity index is 3100. The summed E-state index contributed by atoms with van der Waals surface area (Å²) in [5, 5.41) is 33.9. The van der Waals surface area contributed by atoms with E-state index in [9.17, 15) is 39.5 Å². The van der Waals surface area contributed by atoms with Crippen LogP contribution >= 0.6 is 11.6 Å². The molecule has 0 radical (unpaired) electrons. The normalized spacial score (nSPS) is 12.3. The molecule has 0 fully saturated rings. The Morgan fingerprint density at radius 3 is 2.05 bits per heavy atom. The lowest BCUT2D eigenvalue weighted by atomic mass is 10.1. The number of benzene rings is 5. The van der Waals surface area contributed by atoms with E-state index in [0.717, 1.165) is 29.3 Å². The quantitative estimate of drug-likeness (QED) is 0.0319. The van der Waals surface area contributed by atoms with Gasteiger partial charge >= 0.3 is 0 Å². The van der Waals surface area contributed by atoms with Gasteiger partial charge in [0.15, 0.2) is 9.84 Å². The van der Waals surface area contributed by atoms with Crippen molar-refractivity contribution in [3.63, 3.8) is 0 Å². The fraction of sp³-hybridized carbons (Fsp3) is 0.108. The van der Waals surface area contributed by atoms with Gasteiger partial charge in [0.2, 0.25) is 17.2 Å². The number of nitrogens with one attached hydrogen (secondary N) is 2. The van der Waals surface area contributed by atoms with Gasteiger partial charge < -0.3 is 26.4 Å². The van der Waals surface area contributed by atoms with Gasteiger partial charge in [-0.15, -0.1) is 15.3 Å². The van der Waals surface area contributed by atoms with E-state index in [1.807, 2.05) is 13.8 Å². The molecule has 316 valence electrons. The van der Waals surface area contributed by atoms with Crippen molar-refractivity contribution in [3.05, 3.63) is 102 Å². The third-order valence-corrected chi connectivity index (χ3v) is 12.0. The molecular weight excluding hydrogens is 874 g/mol. The van der Waals surface area contributed by atoms with Crippen molar-refractivity contribution in [3.8, 4) is 5.75 Å². The van der Waals surface area contributed by atoms with Crippen LogP contribution in [0.2, 0.25) is 5.28 Å². The number of nitrogens with two attached hydrogens (primary N) is 1. The highest BCUT2D eigenvalue weighted by atomic mass is 35.5. The molecule has 0 spiro atoms. The molecule has 0 atom stereocenters. The number of hydrogen-bond donors (Lipinski definition) is 6. The summed E-state index contributed by atoms with van der Waals surface area (Å²) in [6.07, 6.45) is 0. The van der Waals surface area contributed by atoms with E-state index in [-0.39, 0.29) is 61.3 Å². The molecule has 6 aromatic rings. The summed E-state index contributed by atoms with van der Waals surface area (Å²) in [7, 11) is -13.3. The highest BCUT2D eigenvalue weighted by Crippen LogP contribution is 2.41. The van der Waals surface area contributed by atoms with Crippen LogP contribution in [-0.4, -0.2) is 67.5 Å². The molecule has 5 aromatic carbocycles. The Morgan fingerprint density at radius 2 is 1.41 bits per heavy atom. The van der Waals surface area contributed by atoms with Gasteiger partial charge in [-0.25, -0.2) is 8.42 Å². The number of anilines is 6. The molecule has 0 aliphatic heterocycles. The molecule has 0 bridgehead atoms. The number of sulfone groups is 1. The molecule has 1 heterocycles. The topological polar surface area (TPSA) is 305 Å². The number of azo groups is 2. The number of fused-ring (bicyclic) bond motifs is 1. The Hall–Kier alpha value is -6.63. The number of aromatic hydroxyl groups is 1. The standard InChI is InChI=1S/C37H34ClN11O9S3/c1-4-49(5-2)24-11-16-28(30(19-24)41-37-43-35(38)42-36(44-37)40-22-8-12-25(13-9-22)59(51,52)6-3)46-45-23-10-15-29(32(18-23)61(56,57)58)47-48-34-27(39)14-7-21-17-26(60(53,54)55)20-31(50)33(21)34/h6-20,50H,3-5,39H2,1-2H3,(H,53,54,55)(H,56,57,58)(H2,40,41,42,43,44)/b46-45+,48-47+. The molecule has 7 N–H and O–H groups in total. The van der Waals surface area contributed by atoms with Gasteiger partial charge in [0, 0.05) is 35.9 Å². The maximum atomic E-state index is 12.6. The summed E-state index contributed by atoms with van der Waals surface area (Å²) in [6.45, 7) is 8.62. The molecule has 61 heavy (non-hydrogen) atoms. The second-order valence-corrected chi connectivity index (χ2v) is 17.7. The number of nitrogen functional groups attached to an aromatic ring is 1. The van der Waals surface area contributed by atoms with Crippen LogP contribution in [0.3, 0.4) is 0 Å². The number of phenols is 1. The third-order valence-electron chi connectivity index (χ3n) is 8.75. The molecule has 0 aliphatic carbocycles. The highest BCUT2D eigenvalue weighted by molar-refractivity contribution is 7.94. The molecule has 0 saturated carbocycles. The van der Waals surface area contributed by atoms with Gasteiger partial charge in [-0.05, 0) is 104 Å². The van der Waals surface area contributed by atoms with E-state index in [1.165, 1.54) is 48.5 Å². The second kappa shape index (κ2) is 17.5. The zero-order chi connectivity index (χ0) is 44.3. The van der Waals surface area contributed by atoms with E-state index < -0.39 is 45.6 Å². The lowest BCUT2D eigenvalue weighted by Crippen LogP contribution is -2.21.